The summed E-state index contributed by atoms with van der Waals surface area (Å²) in [6, 6.07) is 6.64. The van der Waals surface area contributed by atoms with Crippen molar-refractivity contribution in [2.75, 3.05) is 12.3 Å². The van der Waals surface area contributed by atoms with Crippen LogP contribution in [0.2, 0.25) is 0 Å². The van der Waals surface area contributed by atoms with Crippen LogP contribution in [0.1, 0.15) is 0 Å². The van der Waals surface area contributed by atoms with Gasteiger partial charge in [-0.05, 0) is 23.8 Å². The van der Waals surface area contributed by atoms with Gasteiger partial charge in [0.1, 0.15) is 0 Å². The molecule has 1 saturated heterocycles. The summed E-state index contributed by atoms with van der Waals surface area (Å²) in [6.45, 7) is 0.598. The van der Waals surface area contributed by atoms with E-state index < -0.39 is 20.9 Å². The smallest absolute Gasteiger partial charge is 0.278 e. The molecule has 126 valence electrons. The number of aromatic nitrogens is 1. The molecule has 4 rings (SSSR count). The van der Waals surface area contributed by atoms with Gasteiger partial charge in [0.05, 0.1) is 11.6 Å². The van der Waals surface area contributed by atoms with Crippen molar-refractivity contribution >= 4 is 38.6 Å². The molecule has 10 heteroatoms. The molecule has 7 nitrogen and oxygen atoms in total. The first-order valence-electron chi connectivity index (χ1n) is 7.16. The predicted molar refractivity (Wildman–Crippen MR) is 92.7 cm³/mol. The van der Waals surface area contributed by atoms with Gasteiger partial charge in [-0.2, -0.15) is 4.40 Å². The average Bonchev–Trinajstić information content (AvgIpc) is 3.06. The third kappa shape index (κ3) is 2.66. The average molecular weight is 385 g/mol. The molecule has 4 aliphatic rings. The molecule has 0 aromatic heterocycles. The third-order valence-corrected chi connectivity index (χ3v) is 6.93. The Bertz CT molecular complexity index is 972. The molecule has 2 unspecified atom stereocenters. The number of alkyl halides is 1. The van der Waals surface area contributed by atoms with Crippen LogP contribution in [0.15, 0.2) is 46.0 Å². The fraction of sp³-hybridized carbons (Fsp3) is 0.286. The van der Waals surface area contributed by atoms with Gasteiger partial charge in [-0.3, -0.25) is 0 Å². The van der Waals surface area contributed by atoms with E-state index in [1.807, 2.05) is 0 Å². The molecule has 0 saturated carbocycles. The molecular weight excluding hydrogens is 372 g/mol. The fourth-order valence-electron chi connectivity index (χ4n) is 2.81. The summed E-state index contributed by atoms with van der Waals surface area (Å²) < 4.78 is 30.3. The van der Waals surface area contributed by atoms with Crippen molar-refractivity contribution in [2.24, 2.45) is 9.39 Å². The summed E-state index contributed by atoms with van der Waals surface area (Å²) in [6.07, 6.45) is 2.99. The van der Waals surface area contributed by atoms with Crippen LogP contribution in [0.4, 0.5) is 0 Å². The summed E-state index contributed by atoms with van der Waals surface area (Å²) in [5, 5.41) is 9.44. The number of sulfonamides is 1. The molecule has 24 heavy (non-hydrogen) atoms. The zero-order valence-corrected chi connectivity index (χ0v) is 14.7. The van der Waals surface area contributed by atoms with E-state index >= 15 is 0 Å². The minimum absolute atomic E-state index is 0.322. The van der Waals surface area contributed by atoms with Crippen LogP contribution < -0.4 is 5.36 Å². The van der Waals surface area contributed by atoms with Crippen LogP contribution in [0.25, 0.3) is 11.1 Å². The number of hydrogen-bond acceptors (Lipinski definition) is 6. The monoisotopic (exact) mass is 384 g/mol. The lowest BCUT2D eigenvalue weighted by Crippen LogP contribution is -2.41. The molecule has 0 radical (unpaired) electrons. The second-order valence-corrected chi connectivity index (χ2v) is 8.67. The minimum Gasteiger partial charge on any atom is -0.429 e. The van der Waals surface area contributed by atoms with E-state index in [-0.39, 0.29) is 0 Å². The second kappa shape index (κ2) is 5.68. The van der Waals surface area contributed by atoms with Gasteiger partial charge in [0.15, 0.2) is 16.0 Å². The lowest BCUT2D eigenvalue weighted by atomic mass is 10.1. The summed E-state index contributed by atoms with van der Waals surface area (Å²) in [5.74, 6) is 0.797. The van der Waals surface area contributed by atoms with E-state index in [0.717, 1.165) is 21.6 Å². The van der Waals surface area contributed by atoms with Crippen molar-refractivity contribution in [1.29, 1.82) is 0 Å². The number of thioether (sulfide) groups is 1. The van der Waals surface area contributed by atoms with Gasteiger partial charge in [0.25, 0.3) is 10.0 Å². The molecule has 0 aromatic carbocycles. The van der Waals surface area contributed by atoms with Crippen LogP contribution in [-0.2, 0) is 10.0 Å². The van der Waals surface area contributed by atoms with Crippen LogP contribution in [0.5, 0.6) is 0 Å². The lowest BCUT2D eigenvalue weighted by Gasteiger charge is -2.21. The highest BCUT2D eigenvalue weighted by Gasteiger charge is 2.46. The topological polar surface area (TPSA) is 87.3 Å². The molecule has 3 heterocycles. The van der Waals surface area contributed by atoms with Gasteiger partial charge in [-0.25, -0.2) is 18.1 Å². The van der Waals surface area contributed by atoms with Crippen LogP contribution in [-0.4, -0.2) is 51.6 Å². The molecule has 0 spiro atoms. The highest BCUT2D eigenvalue weighted by Crippen LogP contribution is 2.34. The van der Waals surface area contributed by atoms with Gasteiger partial charge in [0, 0.05) is 24.1 Å². The second-order valence-electron chi connectivity index (χ2n) is 5.46. The molecule has 0 aromatic rings. The predicted octanol–water partition coefficient (Wildman–Crippen LogP) is 1.37. The summed E-state index contributed by atoms with van der Waals surface area (Å²) in [5.41, 5.74) is 0.698. The number of benzene rings is 1. The first-order chi connectivity index (χ1) is 11.4. The maximum atomic E-state index is 12.7. The maximum absolute atomic E-state index is 12.7. The van der Waals surface area contributed by atoms with Gasteiger partial charge in [0.2, 0.25) is 0 Å². The van der Waals surface area contributed by atoms with Crippen molar-refractivity contribution in [3.05, 3.63) is 42.0 Å². The van der Waals surface area contributed by atoms with Gasteiger partial charge >= 0.3 is 0 Å². The molecule has 3 aliphatic heterocycles. The highest BCUT2D eigenvalue weighted by molar-refractivity contribution is 8.14. The molecule has 0 bridgehead atoms. The quantitative estimate of drug-likeness (QED) is 0.480. The zero-order valence-electron chi connectivity index (χ0n) is 12.3. The van der Waals surface area contributed by atoms with Gasteiger partial charge < -0.3 is 10.1 Å². The summed E-state index contributed by atoms with van der Waals surface area (Å²) in [7, 11) is -3.86. The van der Waals surface area contributed by atoms with E-state index in [1.165, 1.54) is 24.2 Å². The van der Waals surface area contributed by atoms with E-state index in [2.05, 4.69) is 9.39 Å². The number of amidine groups is 1. The van der Waals surface area contributed by atoms with E-state index in [4.69, 9.17) is 11.6 Å². The molecule has 1 N–H and O–H groups in total. The Balaban J connectivity index is 1.75. The molecule has 1 aliphatic carbocycles. The molecule has 1 fully saturated rings. The minimum atomic E-state index is -3.86. The van der Waals surface area contributed by atoms with Crippen LogP contribution in [0.3, 0.4) is 0 Å². The lowest BCUT2D eigenvalue weighted by molar-refractivity contribution is 0.185. The Labute approximate surface area is 147 Å². The largest absolute Gasteiger partial charge is 0.429 e. The van der Waals surface area contributed by atoms with Crippen molar-refractivity contribution in [3.8, 4) is 11.1 Å². The SMILES string of the molecule is O=S(=O)(N=c1ccc2cn(O)ccc-2c1)C1C(Cl)N=C2SCCN21. The fourth-order valence-corrected chi connectivity index (χ4v) is 5.97. The number of aliphatic imine (C=N–C) groups is 1. The van der Waals surface area contributed by atoms with E-state index in [9.17, 15) is 13.6 Å². The molecule has 0 amide bonds. The van der Waals surface area contributed by atoms with Gasteiger partial charge in [-0.1, -0.05) is 29.4 Å². The van der Waals surface area contributed by atoms with Gasteiger partial charge in [-0.15, -0.1) is 0 Å². The standard InChI is InChI=1S/C14H13ClN4O3S2/c15-12-13(19-5-6-23-14(19)16-12)24(21,22)17-11-2-1-10-8-18(20)4-3-9(10)7-11/h1-4,7-8,12-13,20H,5-6H2. The van der Waals surface area contributed by atoms with Crippen LogP contribution in [0, 0.1) is 0 Å². The number of halogens is 1. The number of pyridine rings is 1. The van der Waals surface area contributed by atoms with Crippen molar-refractivity contribution in [1.82, 2.24) is 9.63 Å². The van der Waals surface area contributed by atoms with Crippen molar-refractivity contribution in [2.45, 2.75) is 10.9 Å². The normalized spacial score (nSPS) is 24.5. The van der Waals surface area contributed by atoms with Crippen molar-refractivity contribution < 1.29 is 13.6 Å². The zero-order chi connectivity index (χ0) is 16.9. The number of rotatable bonds is 2. The Kier molecular flexibility index (Phi) is 3.74. The number of fused-ring (bicyclic) bond motifs is 2. The van der Waals surface area contributed by atoms with Crippen molar-refractivity contribution in [3.63, 3.8) is 0 Å². The third-order valence-electron chi connectivity index (χ3n) is 3.87. The maximum Gasteiger partial charge on any atom is 0.278 e. The first-order valence-corrected chi connectivity index (χ1v) is 10.1. The Morgan fingerprint density at radius 1 is 1.33 bits per heavy atom. The molecular formula is C14H13ClN4O3S2. The van der Waals surface area contributed by atoms with E-state index in [1.54, 1.807) is 29.2 Å². The highest BCUT2D eigenvalue weighted by atomic mass is 35.5. The van der Waals surface area contributed by atoms with E-state index in [0.29, 0.717) is 17.1 Å². The summed E-state index contributed by atoms with van der Waals surface area (Å²) in [4.78, 5) is 5.91. The Morgan fingerprint density at radius 2 is 2.17 bits per heavy atom. The Hall–Kier alpha value is -1.71. The summed E-state index contributed by atoms with van der Waals surface area (Å²) >= 11 is 7.64. The first kappa shape index (κ1) is 15.8. The number of nitrogens with zero attached hydrogens (tertiary/aromatic N) is 4. The molecule has 2 atom stereocenters. The number of hydrogen-bond donors (Lipinski definition) is 1. The Morgan fingerprint density at radius 3 is 3.00 bits per heavy atom. The van der Waals surface area contributed by atoms with Crippen LogP contribution >= 0.6 is 23.4 Å².